The maximum absolute atomic E-state index is 4.58. The van der Waals surface area contributed by atoms with Crippen LogP contribution in [0.5, 0.6) is 0 Å². The van der Waals surface area contributed by atoms with Gasteiger partial charge in [-0.05, 0) is 38.8 Å². The average Bonchev–Trinajstić information content (AvgIpc) is 2.63. The summed E-state index contributed by atoms with van der Waals surface area (Å²) >= 11 is 0. The molecule has 3 rings (SSSR count). The van der Waals surface area contributed by atoms with Crippen molar-refractivity contribution in [2.45, 2.75) is 33.2 Å². The molecule has 0 bridgehead atoms. The number of fused-ring (bicyclic) bond motifs is 1. The molecule has 92 valence electrons. The second-order valence-corrected chi connectivity index (χ2v) is 4.97. The van der Waals surface area contributed by atoms with Crippen LogP contribution in [0.25, 0.3) is 0 Å². The first-order chi connectivity index (χ1) is 8.65. The van der Waals surface area contributed by atoms with Crippen molar-refractivity contribution < 1.29 is 0 Å². The van der Waals surface area contributed by atoms with Gasteiger partial charge in [-0.15, -0.1) is 0 Å². The van der Waals surface area contributed by atoms with Gasteiger partial charge in [-0.25, -0.2) is 9.97 Å². The summed E-state index contributed by atoms with van der Waals surface area (Å²) in [5, 5.41) is 0. The van der Waals surface area contributed by atoms with Crippen LogP contribution in [0.1, 0.15) is 24.0 Å². The van der Waals surface area contributed by atoms with E-state index in [4.69, 9.17) is 0 Å². The summed E-state index contributed by atoms with van der Waals surface area (Å²) in [6.45, 7) is 6.21. The molecule has 1 aliphatic rings. The maximum atomic E-state index is 4.58. The molecule has 0 saturated carbocycles. The first-order valence-corrected chi connectivity index (χ1v) is 6.34. The number of aryl methyl sites for hydroxylation is 2. The molecule has 1 atom stereocenters. The Bertz CT molecular complexity index is 572. The van der Waals surface area contributed by atoms with E-state index in [1.54, 1.807) is 0 Å². The third-order valence-corrected chi connectivity index (χ3v) is 3.41. The largest absolute Gasteiger partial charge is 0.323 e. The number of para-hydroxylation sites is 1. The van der Waals surface area contributed by atoms with Gasteiger partial charge < -0.3 is 4.90 Å². The highest BCUT2D eigenvalue weighted by Crippen LogP contribution is 2.37. The van der Waals surface area contributed by atoms with Gasteiger partial charge in [0.1, 0.15) is 11.6 Å². The van der Waals surface area contributed by atoms with E-state index in [0.717, 1.165) is 23.8 Å². The minimum absolute atomic E-state index is 0.455. The zero-order valence-electron chi connectivity index (χ0n) is 11.0. The van der Waals surface area contributed by atoms with Crippen molar-refractivity contribution in [2.24, 2.45) is 0 Å². The molecule has 1 aliphatic heterocycles. The Morgan fingerprint density at radius 2 is 1.94 bits per heavy atom. The Hall–Kier alpha value is -1.90. The number of rotatable bonds is 1. The van der Waals surface area contributed by atoms with E-state index in [1.165, 1.54) is 11.3 Å². The third-order valence-electron chi connectivity index (χ3n) is 3.41. The first-order valence-electron chi connectivity index (χ1n) is 6.34. The summed E-state index contributed by atoms with van der Waals surface area (Å²) < 4.78 is 0. The topological polar surface area (TPSA) is 29.0 Å². The minimum Gasteiger partial charge on any atom is -0.323 e. The van der Waals surface area contributed by atoms with Crippen LogP contribution in [-0.2, 0) is 6.42 Å². The maximum Gasteiger partial charge on any atom is 0.137 e. The van der Waals surface area contributed by atoms with Crippen molar-refractivity contribution in [3.05, 3.63) is 47.4 Å². The van der Waals surface area contributed by atoms with E-state index in [1.807, 2.05) is 13.8 Å². The molecular formula is C15H17N3. The van der Waals surface area contributed by atoms with Crippen LogP contribution in [0.3, 0.4) is 0 Å². The smallest absolute Gasteiger partial charge is 0.137 e. The molecule has 1 aromatic heterocycles. The summed E-state index contributed by atoms with van der Waals surface area (Å²) in [4.78, 5) is 11.2. The van der Waals surface area contributed by atoms with E-state index in [-0.39, 0.29) is 0 Å². The Morgan fingerprint density at radius 1 is 1.17 bits per heavy atom. The van der Waals surface area contributed by atoms with E-state index in [2.05, 4.69) is 52.1 Å². The zero-order chi connectivity index (χ0) is 12.7. The molecule has 18 heavy (non-hydrogen) atoms. The minimum atomic E-state index is 0.455. The van der Waals surface area contributed by atoms with Gasteiger partial charge in [0.15, 0.2) is 0 Å². The molecule has 0 unspecified atom stereocenters. The molecule has 0 aliphatic carbocycles. The highest BCUT2D eigenvalue weighted by molar-refractivity contribution is 5.68. The average molecular weight is 239 g/mol. The predicted molar refractivity (Wildman–Crippen MR) is 73.3 cm³/mol. The van der Waals surface area contributed by atoms with Crippen molar-refractivity contribution in [2.75, 3.05) is 4.90 Å². The van der Waals surface area contributed by atoms with Gasteiger partial charge in [-0.2, -0.15) is 0 Å². The lowest BCUT2D eigenvalue weighted by atomic mass is 10.1. The molecule has 0 N–H and O–H groups in total. The number of hydrogen-bond acceptors (Lipinski definition) is 3. The lowest BCUT2D eigenvalue weighted by molar-refractivity contribution is 0.746. The fraction of sp³-hybridized carbons (Fsp3) is 0.333. The monoisotopic (exact) mass is 239 g/mol. The van der Waals surface area contributed by atoms with E-state index in [0.29, 0.717) is 6.04 Å². The summed E-state index contributed by atoms with van der Waals surface area (Å²) in [6.07, 6.45) is 1.08. The second-order valence-electron chi connectivity index (χ2n) is 4.97. The van der Waals surface area contributed by atoms with Crippen LogP contribution in [0.4, 0.5) is 11.5 Å². The van der Waals surface area contributed by atoms with Crippen LogP contribution >= 0.6 is 0 Å². The van der Waals surface area contributed by atoms with Gasteiger partial charge in [-0.3, -0.25) is 0 Å². The fourth-order valence-corrected chi connectivity index (χ4v) is 2.74. The van der Waals surface area contributed by atoms with Crippen LogP contribution in [-0.4, -0.2) is 16.0 Å². The molecule has 2 heterocycles. The normalized spacial score (nSPS) is 17.9. The highest BCUT2D eigenvalue weighted by atomic mass is 15.2. The zero-order valence-corrected chi connectivity index (χ0v) is 11.0. The van der Waals surface area contributed by atoms with Gasteiger partial charge in [0.2, 0.25) is 0 Å². The lowest BCUT2D eigenvalue weighted by Gasteiger charge is -2.24. The molecule has 2 aromatic rings. The van der Waals surface area contributed by atoms with E-state index < -0.39 is 0 Å². The van der Waals surface area contributed by atoms with E-state index in [9.17, 15) is 0 Å². The van der Waals surface area contributed by atoms with Crippen LogP contribution in [0, 0.1) is 13.8 Å². The van der Waals surface area contributed by atoms with Crippen LogP contribution in [0.15, 0.2) is 30.3 Å². The van der Waals surface area contributed by atoms with Crippen molar-refractivity contribution in [1.29, 1.82) is 0 Å². The standard InChI is InChI=1S/C15H17N3/c1-10-8-15(17-12(3)16-10)18-11(2)9-13-6-4-5-7-14(13)18/h4-8,11H,9H2,1-3H3/t11-/m0/s1. The van der Waals surface area contributed by atoms with Gasteiger partial charge >= 0.3 is 0 Å². The Balaban J connectivity index is 2.11. The van der Waals surface area contributed by atoms with Crippen molar-refractivity contribution in [3.63, 3.8) is 0 Å². The first kappa shape index (κ1) is 11.2. The molecule has 0 spiro atoms. The summed E-state index contributed by atoms with van der Waals surface area (Å²) in [5.41, 5.74) is 3.70. The molecule has 0 saturated heterocycles. The van der Waals surface area contributed by atoms with Crippen LogP contribution < -0.4 is 4.90 Å². The summed E-state index contributed by atoms with van der Waals surface area (Å²) in [5.74, 6) is 1.85. The number of nitrogens with zero attached hydrogens (tertiary/aromatic N) is 3. The lowest BCUT2D eigenvalue weighted by Crippen LogP contribution is -2.25. The molecule has 0 amide bonds. The van der Waals surface area contributed by atoms with Gasteiger partial charge in [0.25, 0.3) is 0 Å². The third kappa shape index (κ3) is 1.76. The van der Waals surface area contributed by atoms with Gasteiger partial charge in [-0.1, -0.05) is 18.2 Å². The number of anilines is 2. The highest BCUT2D eigenvalue weighted by Gasteiger charge is 2.27. The fourth-order valence-electron chi connectivity index (χ4n) is 2.74. The quantitative estimate of drug-likeness (QED) is 0.765. The van der Waals surface area contributed by atoms with Gasteiger partial charge in [0.05, 0.1) is 0 Å². The second kappa shape index (κ2) is 4.09. The SMILES string of the molecule is Cc1cc(N2c3ccccc3C[C@@H]2C)nc(C)n1. The molecular weight excluding hydrogens is 222 g/mol. The van der Waals surface area contributed by atoms with Crippen molar-refractivity contribution >= 4 is 11.5 Å². The molecule has 3 heteroatoms. The molecule has 0 radical (unpaired) electrons. The van der Waals surface area contributed by atoms with Crippen molar-refractivity contribution in [1.82, 2.24) is 9.97 Å². The predicted octanol–water partition coefficient (Wildman–Crippen LogP) is 3.18. The number of hydrogen-bond donors (Lipinski definition) is 0. The number of benzene rings is 1. The van der Waals surface area contributed by atoms with Crippen molar-refractivity contribution in [3.8, 4) is 0 Å². The number of aromatic nitrogens is 2. The summed E-state index contributed by atoms with van der Waals surface area (Å²) in [6, 6.07) is 11.1. The Morgan fingerprint density at radius 3 is 2.72 bits per heavy atom. The molecule has 1 aromatic carbocycles. The van der Waals surface area contributed by atoms with E-state index >= 15 is 0 Å². The summed E-state index contributed by atoms with van der Waals surface area (Å²) in [7, 11) is 0. The molecule has 0 fully saturated rings. The Kier molecular flexibility index (Phi) is 2.54. The Labute approximate surface area is 108 Å². The van der Waals surface area contributed by atoms with Crippen LogP contribution in [0.2, 0.25) is 0 Å². The van der Waals surface area contributed by atoms with Gasteiger partial charge in [0, 0.05) is 23.5 Å². The molecule has 3 nitrogen and oxygen atoms in total.